The Labute approximate surface area is 57.6 Å². The van der Waals surface area contributed by atoms with Crippen molar-refractivity contribution in [2.75, 3.05) is 0 Å². The Morgan fingerprint density at radius 2 is 1.67 bits per heavy atom. The van der Waals surface area contributed by atoms with Gasteiger partial charge in [-0.2, -0.15) is 0 Å². The Morgan fingerprint density at radius 1 is 1.11 bits per heavy atom. The van der Waals surface area contributed by atoms with Crippen LogP contribution in [0.15, 0.2) is 0 Å². The van der Waals surface area contributed by atoms with E-state index in [1.54, 1.807) is 19.3 Å². The predicted octanol–water partition coefficient (Wildman–Crippen LogP) is 2.69. The van der Waals surface area contributed by atoms with Crippen molar-refractivity contribution in [1.82, 2.24) is 0 Å². The SMILES string of the molecule is CC(C)C1C2CCC1C2. The minimum absolute atomic E-state index is 0.969. The highest BCUT2D eigenvalue weighted by Crippen LogP contribution is 2.56. The summed E-state index contributed by atoms with van der Waals surface area (Å²) in [6.45, 7) is 4.77. The number of hydrogen-bond acceptors (Lipinski definition) is 0. The Kier molecular flexibility index (Phi) is 1.12. The van der Waals surface area contributed by atoms with Crippen LogP contribution in [0.3, 0.4) is 0 Å². The number of rotatable bonds is 1. The van der Waals surface area contributed by atoms with Crippen LogP contribution in [0.1, 0.15) is 33.1 Å². The monoisotopic (exact) mass is 124 g/mol. The van der Waals surface area contributed by atoms with E-state index in [2.05, 4.69) is 13.8 Å². The molecule has 0 aliphatic heterocycles. The summed E-state index contributed by atoms with van der Waals surface area (Å²) in [7, 11) is 0. The summed E-state index contributed by atoms with van der Waals surface area (Å²) >= 11 is 0. The van der Waals surface area contributed by atoms with Crippen LogP contribution in [0.5, 0.6) is 0 Å². The van der Waals surface area contributed by atoms with E-state index in [9.17, 15) is 0 Å². The molecule has 0 aromatic rings. The van der Waals surface area contributed by atoms with Gasteiger partial charge in [0.05, 0.1) is 0 Å². The predicted molar refractivity (Wildman–Crippen MR) is 39.2 cm³/mol. The molecule has 0 heterocycles. The third-order valence-electron chi connectivity index (χ3n) is 3.37. The molecule has 0 spiro atoms. The van der Waals surface area contributed by atoms with Gasteiger partial charge in [0, 0.05) is 0 Å². The molecule has 0 heteroatoms. The zero-order valence-electron chi connectivity index (χ0n) is 6.43. The van der Waals surface area contributed by atoms with Crippen LogP contribution in [0, 0.1) is 23.7 Å². The first kappa shape index (κ1) is 5.76. The highest BCUT2D eigenvalue weighted by molar-refractivity contribution is 4.97. The van der Waals surface area contributed by atoms with Gasteiger partial charge in [-0.15, -0.1) is 0 Å². The van der Waals surface area contributed by atoms with E-state index in [-0.39, 0.29) is 0 Å². The molecule has 0 N–H and O–H groups in total. The van der Waals surface area contributed by atoms with Gasteiger partial charge in [-0.25, -0.2) is 0 Å². The van der Waals surface area contributed by atoms with Gasteiger partial charge in [-0.1, -0.05) is 13.8 Å². The molecule has 2 unspecified atom stereocenters. The van der Waals surface area contributed by atoms with Gasteiger partial charge in [-0.05, 0) is 42.9 Å². The summed E-state index contributed by atoms with van der Waals surface area (Å²) in [5, 5.41) is 0. The highest BCUT2D eigenvalue weighted by Gasteiger charge is 2.47. The van der Waals surface area contributed by atoms with Gasteiger partial charge >= 0.3 is 0 Å². The lowest BCUT2D eigenvalue weighted by Gasteiger charge is -2.38. The van der Waals surface area contributed by atoms with Crippen molar-refractivity contribution in [2.24, 2.45) is 23.7 Å². The van der Waals surface area contributed by atoms with Crippen LogP contribution in [-0.2, 0) is 0 Å². The van der Waals surface area contributed by atoms with Crippen molar-refractivity contribution in [3.8, 4) is 0 Å². The van der Waals surface area contributed by atoms with Crippen molar-refractivity contribution >= 4 is 0 Å². The smallest absolute Gasteiger partial charge is 0.0334 e. The molecule has 9 heavy (non-hydrogen) atoms. The maximum Gasteiger partial charge on any atom is -0.0334 e. The fourth-order valence-electron chi connectivity index (χ4n) is 3.03. The second-order valence-electron chi connectivity index (χ2n) is 4.15. The molecule has 52 valence electrons. The molecule has 3 aliphatic rings. The van der Waals surface area contributed by atoms with E-state index >= 15 is 0 Å². The molecule has 2 atom stereocenters. The molecule has 0 nitrogen and oxygen atoms in total. The maximum absolute atomic E-state index is 2.38. The number of fused-ring (bicyclic) bond motifs is 1. The van der Waals surface area contributed by atoms with Crippen LogP contribution in [-0.4, -0.2) is 0 Å². The molecule has 3 saturated carbocycles. The third-order valence-corrected chi connectivity index (χ3v) is 3.37. The molecule has 0 saturated heterocycles. The molecular weight excluding hydrogens is 108 g/mol. The summed E-state index contributed by atoms with van der Waals surface area (Å²) in [4.78, 5) is 0. The largest absolute Gasteiger partial charge is 0.0625 e. The van der Waals surface area contributed by atoms with Gasteiger partial charge in [0.2, 0.25) is 0 Å². The Bertz CT molecular complexity index is 101. The summed E-state index contributed by atoms with van der Waals surface area (Å²) in [6, 6.07) is 0. The van der Waals surface area contributed by atoms with Crippen LogP contribution >= 0.6 is 0 Å². The second kappa shape index (κ2) is 1.74. The average Bonchev–Trinajstić information content (AvgIpc) is 2.13. The first-order chi connectivity index (χ1) is 4.29. The van der Waals surface area contributed by atoms with E-state index in [0.717, 1.165) is 23.7 Å². The fraction of sp³-hybridized carbons (Fsp3) is 1.00. The van der Waals surface area contributed by atoms with Crippen LogP contribution < -0.4 is 0 Å². The molecule has 0 aromatic carbocycles. The zero-order chi connectivity index (χ0) is 6.43. The Hall–Kier alpha value is 0. The third kappa shape index (κ3) is 0.653. The molecule has 3 fully saturated rings. The molecule has 3 rings (SSSR count). The molecule has 3 aliphatic carbocycles. The van der Waals surface area contributed by atoms with Crippen molar-refractivity contribution in [3.63, 3.8) is 0 Å². The summed E-state index contributed by atoms with van der Waals surface area (Å²) in [6.07, 6.45) is 4.67. The van der Waals surface area contributed by atoms with Gasteiger partial charge < -0.3 is 0 Å². The van der Waals surface area contributed by atoms with Crippen LogP contribution in [0.25, 0.3) is 0 Å². The van der Waals surface area contributed by atoms with E-state index in [0.29, 0.717) is 0 Å². The average molecular weight is 124 g/mol. The Balaban J connectivity index is 2.02. The van der Waals surface area contributed by atoms with Crippen molar-refractivity contribution in [2.45, 2.75) is 33.1 Å². The molecule has 0 radical (unpaired) electrons. The van der Waals surface area contributed by atoms with Crippen LogP contribution in [0.2, 0.25) is 0 Å². The quantitative estimate of drug-likeness (QED) is 0.504. The van der Waals surface area contributed by atoms with Gasteiger partial charge in [0.1, 0.15) is 0 Å². The van der Waals surface area contributed by atoms with Crippen molar-refractivity contribution in [3.05, 3.63) is 0 Å². The minimum atomic E-state index is 0.969. The van der Waals surface area contributed by atoms with Crippen molar-refractivity contribution in [1.29, 1.82) is 0 Å². The van der Waals surface area contributed by atoms with Crippen LogP contribution in [0.4, 0.5) is 0 Å². The molecular formula is C9H16. The maximum atomic E-state index is 2.38. The van der Waals surface area contributed by atoms with Gasteiger partial charge in [-0.3, -0.25) is 0 Å². The topological polar surface area (TPSA) is 0 Å². The normalized spacial score (nSPS) is 47.7. The van der Waals surface area contributed by atoms with E-state index < -0.39 is 0 Å². The number of hydrogen-bond donors (Lipinski definition) is 0. The van der Waals surface area contributed by atoms with Gasteiger partial charge in [0.15, 0.2) is 0 Å². The van der Waals surface area contributed by atoms with Gasteiger partial charge in [0.25, 0.3) is 0 Å². The van der Waals surface area contributed by atoms with E-state index in [1.165, 1.54) is 0 Å². The highest BCUT2D eigenvalue weighted by atomic mass is 14.5. The molecule has 0 aromatic heterocycles. The van der Waals surface area contributed by atoms with Crippen molar-refractivity contribution < 1.29 is 0 Å². The first-order valence-corrected chi connectivity index (χ1v) is 4.29. The standard InChI is InChI=1S/C9H16/c1-6(2)9-7-3-4-8(9)5-7/h6-9H,3-5H2,1-2H3. The Morgan fingerprint density at radius 3 is 1.89 bits per heavy atom. The summed E-state index contributed by atoms with van der Waals surface area (Å²) in [5.41, 5.74) is 0. The second-order valence-corrected chi connectivity index (χ2v) is 4.15. The van der Waals surface area contributed by atoms with E-state index in [4.69, 9.17) is 0 Å². The minimum Gasteiger partial charge on any atom is -0.0625 e. The molecule has 0 amide bonds. The first-order valence-electron chi connectivity index (χ1n) is 4.29. The van der Waals surface area contributed by atoms with E-state index in [1.807, 2.05) is 0 Å². The lowest BCUT2D eigenvalue weighted by Crippen LogP contribution is -2.31. The lowest BCUT2D eigenvalue weighted by atomic mass is 9.67. The fourth-order valence-corrected chi connectivity index (χ4v) is 3.03. The summed E-state index contributed by atoms with van der Waals surface area (Å²) in [5.74, 6) is 4.39. The zero-order valence-corrected chi connectivity index (χ0v) is 6.43. The lowest BCUT2D eigenvalue weighted by molar-refractivity contribution is 0.104. The summed E-state index contributed by atoms with van der Waals surface area (Å²) < 4.78 is 0. The molecule has 2 bridgehead atoms.